The number of rotatable bonds is 6. The molecule has 2 aliphatic heterocycles. The van der Waals surface area contributed by atoms with E-state index >= 15 is 0 Å². The largest absolute Gasteiger partial charge is 0.472 e. The van der Waals surface area contributed by atoms with Crippen molar-refractivity contribution in [2.24, 2.45) is 39.9 Å². The van der Waals surface area contributed by atoms with Gasteiger partial charge in [-0.15, -0.1) is 0 Å². The summed E-state index contributed by atoms with van der Waals surface area (Å²) in [7, 11) is 1.35. The molecule has 6 rings (SSSR count). The number of ether oxygens (including phenoxy) is 4. The van der Waals surface area contributed by atoms with E-state index in [1.54, 1.807) is 12.5 Å². The highest BCUT2D eigenvalue weighted by Gasteiger charge is 2.89. The fourth-order valence-corrected chi connectivity index (χ4v) is 9.85. The molecule has 0 amide bonds. The molecule has 0 aromatic carbocycles. The molecule has 0 radical (unpaired) electrons. The Kier molecular flexibility index (Phi) is 6.18. The molecule has 1 aromatic heterocycles. The van der Waals surface area contributed by atoms with Crippen molar-refractivity contribution in [1.29, 1.82) is 0 Å². The summed E-state index contributed by atoms with van der Waals surface area (Å²) in [5.41, 5.74) is -3.05. The van der Waals surface area contributed by atoms with E-state index in [9.17, 15) is 19.2 Å². The van der Waals surface area contributed by atoms with Gasteiger partial charge in [0.05, 0.1) is 37.9 Å². The zero-order chi connectivity index (χ0) is 29.8. The summed E-state index contributed by atoms with van der Waals surface area (Å²) < 4.78 is 29.6. The van der Waals surface area contributed by atoms with Gasteiger partial charge in [0.1, 0.15) is 29.2 Å². The second-order valence-corrected chi connectivity index (χ2v) is 14.2. The fraction of sp³-hybridized carbons (Fsp3) is 0.750. The van der Waals surface area contributed by atoms with Crippen molar-refractivity contribution in [2.75, 3.05) is 7.11 Å². The number of cyclic esters (lactones) is 1. The number of epoxide rings is 1. The van der Waals surface area contributed by atoms with Crippen molar-refractivity contribution in [2.45, 2.75) is 103 Å². The first-order valence-corrected chi connectivity index (χ1v) is 15.0. The van der Waals surface area contributed by atoms with Gasteiger partial charge in [0.25, 0.3) is 0 Å². The Labute approximate surface area is 241 Å². The molecule has 3 heterocycles. The van der Waals surface area contributed by atoms with Gasteiger partial charge in [-0.25, -0.2) is 0 Å². The van der Waals surface area contributed by atoms with Crippen LogP contribution in [0.4, 0.5) is 0 Å². The van der Waals surface area contributed by atoms with E-state index in [-0.39, 0.29) is 42.4 Å². The van der Waals surface area contributed by atoms with E-state index in [2.05, 4.69) is 6.92 Å². The molecule has 9 nitrogen and oxygen atoms in total. The number of Topliss-reactive ketones (excluding diaryl/α,β-unsaturated/α-hetero) is 1. The van der Waals surface area contributed by atoms with Gasteiger partial charge in [0.2, 0.25) is 0 Å². The molecule has 9 heteroatoms. The minimum Gasteiger partial charge on any atom is -0.472 e. The molecule has 2 unspecified atom stereocenters. The number of carbonyl (C=O) groups excluding carboxylic acids is 4. The summed E-state index contributed by atoms with van der Waals surface area (Å²) in [6.07, 6.45) is 4.32. The van der Waals surface area contributed by atoms with E-state index in [0.29, 0.717) is 25.7 Å². The zero-order valence-corrected chi connectivity index (χ0v) is 25.1. The maximum absolute atomic E-state index is 14.6. The number of carbonyl (C=O) groups is 4. The Hall–Kier alpha value is -2.68. The Balaban J connectivity index is 1.48. The summed E-state index contributed by atoms with van der Waals surface area (Å²) in [5, 5.41) is 0. The lowest BCUT2D eigenvalue weighted by molar-refractivity contribution is -0.217. The quantitative estimate of drug-likeness (QED) is 0.265. The first kappa shape index (κ1) is 28.4. The zero-order valence-electron chi connectivity index (χ0n) is 25.1. The SMILES string of the molecule is CCC(C)C(=O)O[C@@H]1[C@@H]2C[C@]34O[C@]35CC(=O)O[C@@H](c3ccoc3)[C@]5(C)CCC4[C@@](C)(C2=O)[C@@H](CC(=O)OC)C1(C)C. The van der Waals surface area contributed by atoms with Gasteiger partial charge < -0.3 is 23.4 Å². The van der Waals surface area contributed by atoms with Gasteiger partial charge >= 0.3 is 17.9 Å². The number of furan rings is 1. The van der Waals surface area contributed by atoms with Crippen molar-refractivity contribution < 1.29 is 42.5 Å². The minimum absolute atomic E-state index is 0.0160. The molecular weight excluding hydrogens is 528 g/mol. The molecule has 3 aliphatic carbocycles. The lowest BCUT2D eigenvalue weighted by Gasteiger charge is -2.64. The number of methoxy groups -OCH3 is 1. The molecule has 3 saturated carbocycles. The van der Waals surface area contributed by atoms with Gasteiger partial charge in [-0.05, 0) is 37.7 Å². The topological polar surface area (TPSA) is 122 Å². The van der Waals surface area contributed by atoms with Gasteiger partial charge in [0, 0.05) is 34.1 Å². The molecule has 0 N–H and O–H groups in total. The van der Waals surface area contributed by atoms with Gasteiger partial charge in [0.15, 0.2) is 0 Å². The Morgan fingerprint density at radius 1 is 1.17 bits per heavy atom. The second kappa shape index (κ2) is 8.91. The number of fused-ring (bicyclic) bond motifs is 3. The van der Waals surface area contributed by atoms with Crippen LogP contribution in [0.25, 0.3) is 0 Å². The summed E-state index contributed by atoms with van der Waals surface area (Å²) >= 11 is 0. The Morgan fingerprint density at radius 2 is 1.90 bits per heavy atom. The molecular formula is C32H42O9. The van der Waals surface area contributed by atoms with Crippen LogP contribution in [0.5, 0.6) is 0 Å². The third-order valence-electron chi connectivity index (χ3n) is 12.2. The lowest BCUT2D eigenvalue weighted by atomic mass is 9.37. The third-order valence-corrected chi connectivity index (χ3v) is 12.2. The van der Waals surface area contributed by atoms with Crippen molar-refractivity contribution in [3.63, 3.8) is 0 Å². The average molecular weight is 571 g/mol. The standard InChI is InChI=1S/C32H42O9/c1-8-17(2)27(36)40-26-19-14-31-20(30(6,24(19)35)21(28(26,3)4)13-22(33)37-7)9-11-29(5)25(18-10-12-38-16-18)39-23(34)15-32(29,31)41-31/h10,12,16-17,19-21,25-26H,8-9,11,13-15H2,1-7H3/t17?,19-,20?,21+,25+,26-,29+,30-,31-,32+/m1/s1. The van der Waals surface area contributed by atoms with Crippen molar-refractivity contribution >= 4 is 23.7 Å². The van der Waals surface area contributed by atoms with Crippen LogP contribution in [-0.2, 0) is 38.1 Å². The summed E-state index contributed by atoms with van der Waals surface area (Å²) in [4.78, 5) is 53.9. The minimum atomic E-state index is -0.947. The summed E-state index contributed by atoms with van der Waals surface area (Å²) in [5.74, 6) is -2.72. The fourth-order valence-electron chi connectivity index (χ4n) is 9.85. The number of hydrogen-bond acceptors (Lipinski definition) is 9. The van der Waals surface area contributed by atoms with Crippen LogP contribution in [0, 0.1) is 39.9 Å². The molecule has 41 heavy (non-hydrogen) atoms. The maximum atomic E-state index is 14.6. The maximum Gasteiger partial charge on any atom is 0.309 e. The molecule has 10 atom stereocenters. The van der Waals surface area contributed by atoms with Crippen LogP contribution in [0.3, 0.4) is 0 Å². The molecule has 5 fully saturated rings. The lowest BCUT2D eigenvalue weighted by Crippen LogP contribution is -2.72. The number of ketones is 1. The normalized spacial score (nSPS) is 44.4. The van der Waals surface area contributed by atoms with Crippen LogP contribution in [0.15, 0.2) is 23.0 Å². The molecule has 224 valence electrons. The van der Waals surface area contributed by atoms with Crippen molar-refractivity contribution in [3.8, 4) is 0 Å². The van der Waals surface area contributed by atoms with Crippen LogP contribution in [-0.4, -0.2) is 48.1 Å². The molecule has 1 aromatic rings. The summed E-state index contributed by atoms with van der Waals surface area (Å²) in [6.45, 7) is 11.9. The van der Waals surface area contributed by atoms with Gasteiger partial charge in [-0.1, -0.05) is 41.5 Å². The number of esters is 3. The molecule has 2 spiro atoms. The highest BCUT2D eigenvalue weighted by Crippen LogP contribution is 2.81. The Bertz CT molecular complexity index is 1280. The highest BCUT2D eigenvalue weighted by molar-refractivity contribution is 5.92. The monoisotopic (exact) mass is 570 g/mol. The summed E-state index contributed by atoms with van der Waals surface area (Å²) in [6, 6.07) is 1.82. The van der Waals surface area contributed by atoms with E-state index in [1.807, 2.05) is 40.7 Å². The van der Waals surface area contributed by atoms with E-state index < -0.39 is 57.5 Å². The van der Waals surface area contributed by atoms with E-state index in [0.717, 1.165) is 5.56 Å². The van der Waals surface area contributed by atoms with Gasteiger partial charge in [-0.3, -0.25) is 19.2 Å². The average Bonchev–Trinajstić information content (AvgIpc) is 3.27. The first-order chi connectivity index (χ1) is 19.2. The Morgan fingerprint density at radius 3 is 2.54 bits per heavy atom. The van der Waals surface area contributed by atoms with Crippen LogP contribution >= 0.6 is 0 Å². The predicted molar refractivity (Wildman–Crippen MR) is 144 cm³/mol. The van der Waals surface area contributed by atoms with Crippen LogP contribution in [0.2, 0.25) is 0 Å². The molecule has 2 saturated heterocycles. The second-order valence-electron chi connectivity index (χ2n) is 14.2. The number of hydrogen-bond donors (Lipinski definition) is 0. The van der Waals surface area contributed by atoms with Gasteiger partial charge in [-0.2, -0.15) is 0 Å². The first-order valence-electron chi connectivity index (χ1n) is 15.0. The highest BCUT2D eigenvalue weighted by atomic mass is 16.6. The van der Waals surface area contributed by atoms with E-state index in [1.165, 1.54) is 7.11 Å². The van der Waals surface area contributed by atoms with Crippen molar-refractivity contribution in [3.05, 3.63) is 24.2 Å². The van der Waals surface area contributed by atoms with E-state index in [4.69, 9.17) is 23.4 Å². The predicted octanol–water partition coefficient (Wildman–Crippen LogP) is 4.96. The van der Waals surface area contributed by atoms with Crippen molar-refractivity contribution in [1.82, 2.24) is 0 Å². The molecule has 2 bridgehead atoms. The van der Waals surface area contributed by atoms with Crippen LogP contribution < -0.4 is 0 Å². The smallest absolute Gasteiger partial charge is 0.309 e. The van der Waals surface area contributed by atoms with Crippen LogP contribution in [0.1, 0.15) is 91.7 Å². The molecule has 5 aliphatic rings. The third kappa shape index (κ3) is 3.44.